The van der Waals surface area contributed by atoms with Gasteiger partial charge in [-0.05, 0) is 31.7 Å². The summed E-state index contributed by atoms with van der Waals surface area (Å²) in [5.74, 6) is 0.443. The van der Waals surface area contributed by atoms with Gasteiger partial charge in [-0.3, -0.25) is 14.5 Å². The van der Waals surface area contributed by atoms with Crippen LogP contribution >= 0.6 is 0 Å². The minimum atomic E-state index is -0.159. The van der Waals surface area contributed by atoms with Crippen molar-refractivity contribution in [3.8, 4) is 0 Å². The fraction of sp³-hybridized carbons (Fsp3) is 0.867. The number of hydrogen-bond acceptors (Lipinski definition) is 4. The van der Waals surface area contributed by atoms with E-state index in [1.165, 1.54) is 26.4 Å². The molecule has 1 saturated heterocycles. The van der Waals surface area contributed by atoms with Crippen molar-refractivity contribution in [1.82, 2.24) is 10.2 Å². The molecule has 1 heterocycles. The number of rotatable bonds is 4. The molecule has 0 bridgehead atoms. The lowest BCUT2D eigenvalue weighted by Gasteiger charge is -2.30. The van der Waals surface area contributed by atoms with Crippen molar-refractivity contribution in [2.24, 2.45) is 11.8 Å². The third-order valence-electron chi connectivity index (χ3n) is 4.63. The lowest BCUT2D eigenvalue weighted by Crippen LogP contribution is -2.45. The minimum Gasteiger partial charge on any atom is -0.469 e. The zero-order chi connectivity index (χ0) is 14.5. The van der Waals surface area contributed by atoms with Crippen LogP contribution in [0.1, 0.15) is 39.0 Å². The first-order chi connectivity index (χ1) is 9.60. The number of hydrogen-bond donors (Lipinski definition) is 1. The number of amides is 1. The molecule has 0 radical (unpaired) electrons. The normalized spacial score (nSPS) is 31.0. The molecule has 1 N–H and O–H groups in total. The standard InChI is InChI=1S/C15H26N2O3/c1-11-5-3-4-6-13(11)16-14(18)10-17-8-7-12(9-17)15(19)20-2/h11-13H,3-10H2,1-2H3,(H,16,18). The maximum Gasteiger partial charge on any atom is 0.310 e. The van der Waals surface area contributed by atoms with Crippen LogP contribution in [0, 0.1) is 11.8 Å². The minimum absolute atomic E-state index is 0.0681. The van der Waals surface area contributed by atoms with Crippen LogP contribution < -0.4 is 5.32 Å². The second-order valence-corrected chi connectivity index (χ2v) is 6.18. The average Bonchev–Trinajstić information content (AvgIpc) is 2.89. The van der Waals surface area contributed by atoms with Crippen LogP contribution in [0.2, 0.25) is 0 Å². The highest BCUT2D eigenvalue weighted by molar-refractivity contribution is 5.79. The fourth-order valence-corrected chi connectivity index (χ4v) is 3.32. The number of likely N-dealkylation sites (tertiary alicyclic amines) is 1. The van der Waals surface area contributed by atoms with Gasteiger partial charge >= 0.3 is 5.97 Å². The van der Waals surface area contributed by atoms with Gasteiger partial charge in [0.1, 0.15) is 0 Å². The number of carbonyl (C=O) groups excluding carboxylic acids is 2. The molecule has 5 nitrogen and oxygen atoms in total. The number of carbonyl (C=O) groups is 2. The SMILES string of the molecule is COC(=O)C1CCN(CC(=O)NC2CCCCC2C)C1. The summed E-state index contributed by atoms with van der Waals surface area (Å²) in [6.07, 6.45) is 5.58. The summed E-state index contributed by atoms with van der Waals surface area (Å²) in [5.41, 5.74) is 0. The smallest absolute Gasteiger partial charge is 0.310 e. The highest BCUT2D eigenvalue weighted by Gasteiger charge is 2.30. The monoisotopic (exact) mass is 282 g/mol. The topological polar surface area (TPSA) is 58.6 Å². The predicted octanol–water partition coefficient (Wildman–Crippen LogP) is 1.18. The number of esters is 1. The van der Waals surface area contributed by atoms with Gasteiger partial charge in [0.05, 0.1) is 19.6 Å². The second kappa shape index (κ2) is 7.07. The van der Waals surface area contributed by atoms with Crippen molar-refractivity contribution in [2.75, 3.05) is 26.7 Å². The van der Waals surface area contributed by atoms with Crippen molar-refractivity contribution in [3.63, 3.8) is 0 Å². The van der Waals surface area contributed by atoms with Crippen molar-refractivity contribution in [2.45, 2.75) is 45.1 Å². The molecule has 0 aromatic carbocycles. The van der Waals surface area contributed by atoms with Gasteiger partial charge in [-0.1, -0.05) is 19.8 Å². The first kappa shape index (κ1) is 15.3. The lowest BCUT2D eigenvalue weighted by atomic mass is 9.86. The Morgan fingerprint density at radius 1 is 1.25 bits per heavy atom. The van der Waals surface area contributed by atoms with Gasteiger partial charge in [0.15, 0.2) is 0 Å². The molecule has 2 fully saturated rings. The highest BCUT2D eigenvalue weighted by atomic mass is 16.5. The van der Waals surface area contributed by atoms with Crippen molar-refractivity contribution in [3.05, 3.63) is 0 Å². The molecule has 1 saturated carbocycles. The largest absolute Gasteiger partial charge is 0.469 e. The molecule has 3 atom stereocenters. The fourth-order valence-electron chi connectivity index (χ4n) is 3.32. The van der Waals surface area contributed by atoms with E-state index in [1.807, 2.05) is 4.90 Å². The Hall–Kier alpha value is -1.10. The Morgan fingerprint density at radius 2 is 2.00 bits per heavy atom. The second-order valence-electron chi connectivity index (χ2n) is 6.18. The lowest BCUT2D eigenvalue weighted by molar-refractivity contribution is -0.145. The molecule has 5 heteroatoms. The Labute approximate surface area is 121 Å². The molecule has 1 amide bonds. The van der Waals surface area contributed by atoms with Crippen LogP contribution in [0.25, 0.3) is 0 Å². The summed E-state index contributed by atoms with van der Waals surface area (Å²) >= 11 is 0. The molecular weight excluding hydrogens is 256 g/mol. The number of nitrogens with zero attached hydrogens (tertiary/aromatic N) is 1. The molecule has 3 unspecified atom stereocenters. The Kier molecular flexibility index (Phi) is 5.40. The third-order valence-corrected chi connectivity index (χ3v) is 4.63. The average molecular weight is 282 g/mol. The zero-order valence-electron chi connectivity index (χ0n) is 12.6. The molecular formula is C15H26N2O3. The summed E-state index contributed by atoms with van der Waals surface area (Å²) < 4.78 is 4.76. The first-order valence-electron chi connectivity index (χ1n) is 7.69. The molecule has 20 heavy (non-hydrogen) atoms. The number of nitrogens with one attached hydrogen (secondary N) is 1. The highest BCUT2D eigenvalue weighted by Crippen LogP contribution is 2.23. The molecule has 114 valence electrons. The zero-order valence-corrected chi connectivity index (χ0v) is 12.6. The van der Waals surface area contributed by atoms with Gasteiger partial charge in [-0.15, -0.1) is 0 Å². The van der Waals surface area contributed by atoms with Crippen LogP contribution in [-0.4, -0.2) is 49.6 Å². The van der Waals surface area contributed by atoms with E-state index in [4.69, 9.17) is 4.74 Å². The summed E-state index contributed by atoms with van der Waals surface area (Å²) in [7, 11) is 1.42. The van der Waals surface area contributed by atoms with Crippen molar-refractivity contribution >= 4 is 11.9 Å². The maximum absolute atomic E-state index is 12.1. The first-order valence-corrected chi connectivity index (χ1v) is 7.69. The molecule has 2 rings (SSSR count). The van der Waals surface area contributed by atoms with Crippen LogP contribution in [0.15, 0.2) is 0 Å². The molecule has 1 aliphatic carbocycles. The molecule has 2 aliphatic rings. The van der Waals surface area contributed by atoms with Crippen molar-refractivity contribution < 1.29 is 14.3 Å². The summed E-state index contributed by atoms with van der Waals surface area (Å²) in [4.78, 5) is 25.6. The maximum atomic E-state index is 12.1. The van der Waals surface area contributed by atoms with E-state index in [1.54, 1.807) is 0 Å². The van der Waals surface area contributed by atoms with E-state index in [-0.39, 0.29) is 17.8 Å². The molecule has 1 aliphatic heterocycles. The van der Waals surface area contributed by atoms with Gasteiger partial charge in [0.25, 0.3) is 0 Å². The van der Waals surface area contributed by atoms with Crippen LogP contribution in [-0.2, 0) is 14.3 Å². The van der Waals surface area contributed by atoms with Gasteiger partial charge in [-0.2, -0.15) is 0 Å². The Morgan fingerprint density at radius 3 is 2.70 bits per heavy atom. The van der Waals surface area contributed by atoms with E-state index in [0.29, 0.717) is 25.0 Å². The quantitative estimate of drug-likeness (QED) is 0.787. The van der Waals surface area contributed by atoms with Crippen LogP contribution in [0.3, 0.4) is 0 Å². The number of ether oxygens (including phenoxy) is 1. The van der Waals surface area contributed by atoms with Gasteiger partial charge < -0.3 is 10.1 Å². The van der Waals surface area contributed by atoms with E-state index in [2.05, 4.69) is 12.2 Å². The van der Waals surface area contributed by atoms with E-state index in [0.717, 1.165) is 19.4 Å². The van der Waals surface area contributed by atoms with E-state index < -0.39 is 0 Å². The predicted molar refractivity (Wildman–Crippen MR) is 76.1 cm³/mol. The van der Waals surface area contributed by atoms with Gasteiger partial charge in [0.2, 0.25) is 5.91 Å². The van der Waals surface area contributed by atoms with Crippen molar-refractivity contribution in [1.29, 1.82) is 0 Å². The van der Waals surface area contributed by atoms with Gasteiger partial charge in [0, 0.05) is 12.6 Å². The number of methoxy groups -OCH3 is 1. The Balaban J connectivity index is 1.73. The van der Waals surface area contributed by atoms with E-state index in [9.17, 15) is 9.59 Å². The molecule has 0 spiro atoms. The Bertz CT molecular complexity index is 359. The summed E-state index contributed by atoms with van der Waals surface area (Å²) in [6.45, 7) is 4.05. The summed E-state index contributed by atoms with van der Waals surface area (Å²) in [5, 5.41) is 3.16. The summed E-state index contributed by atoms with van der Waals surface area (Å²) in [6, 6.07) is 0.329. The molecule has 0 aromatic rings. The third kappa shape index (κ3) is 3.95. The van der Waals surface area contributed by atoms with Crippen LogP contribution in [0.4, 0.5) is 0 Å². The molecule has 0 aromatic heterocycles. The van der Waals surface area contributed by atoms with Gasteiger partial charge in [-0.25, -0.2) is 0 Å². The van der Waals surface area contributed by atoms with E-state index >= 15 is 0 Å². The van der Waals surface area contributed by atoms with Crippen LogP contribution in [0.5, 0.6) is 0 Å².